The van der Waals surface area contributed by atoms with Crippen molar-refractivity contribution in [1.82, 2.24) is 39.0 Å². The van der Waals surface area contributed by atoms with Crippen LogP contribution in [0.25, 0.3) is 22.3 Å². The molecule has 244 valence electrons. The SMILES string of the molecule is Nc1ncnc2c1nc(NCCCCCNc1nc3c(N)ncnc3n1[C@@H]1O[C@H](CO)[C@H](O)[C@@H]1O)n2[C@@H]1O[C@H](CO)[C@@H](O)[C@H]1O. The van der Waals surface area contributed by atoms with Crippen molar-refractivity contribution < 1.29 is 40.1 Å². The topological polar surface area (TPSA) is 303 Å². The summed E-state index contributed by atoms with van der Waals surface area (Å²) < 4.78 is 14.4. The van der Waals surface area contributed by atoms with Gasteiger partial charge in [0.1, 0.15) is 49.3 Å². The van der Waals surface area contributed by atoms with Gasteiger partial charge in [-0.2, -0.15) is 0 Å². The zero-order chi connectivity index (χ0) is 31.8. The van der Waals surface area contributed by atoms with Gasteiger partial charge in [0.25, 0.3) is 0 Å². The van der Waals surface area contributed by atoms with Gasteiger partial charge in [-0.3, -0.25) is 9.13 Å². The molecule has 12 N–H and O–H groups in total. The van der Waals surface area contributed by atoms with Crippen LogP contribution < -0.4 is 22.1 Å². The Hall–Kier alpha value is -4.02. The van der Waals surface area contributed by atoms with E-state index in [4.69, 9.17) is 20.9 Å². The number of hydrogen-bond acceptors (Lipinski definition) is 18. The van der Waals surface area contributed by atoms with E-state index >= 15 is 0 Å². The molecule has 4 aromatic rings. The number of anilines is 4. The molecule has 4 aromatic heterocycles. The second-order valence-electron chi connectivity index (χ2n) is 10.8. The van der Waals surface area contributed by atoms with Crippen molar-refractivity contribution in [2.75, 3.05) is 48.4 Å². The molecule has 0 radical (unpaired) electrons. The van der Waals surface area contributed by atoms with Crippen LogP contribution in [-0.2, 0) is 9.47 Å². The number of imidazole rings is 2. The maximum absolute atomic E-state index is 10.6. The number of unbranched alkanes of at least 4 members (excludes halogenated alkanes) is 2. The molecule has 2 saturated heterocycles. The number of aliphatic hydroxyl groups is 6. The van der Waals surface area contributed by atoms with E-state index in [-0.39, 0.29) is 11.6 Å². The first-order chi connectivity index (χ1) is 21.7. The molecule has 2 fully saturated rings. The number of ether oxygens (including phenoxy) is 2. The molecular weight excluding hydrogens is 596 g/mol. The predicted octanol–water partition coefficient (Wildman–Crippen LogP) is -2.95. The molecule has 0 amide bonds. The van der Waals surface area contributed by atoms with Gasteiger partial charge in [0.2, 0.25) is 11.9 Å². The highest BCUT2D eigenvalue weighted by atomic mass is 16.6. The van der Waals surface area contributed by atoms with Gasteiger partial charge in [0.15, 0.2) is 46.4 Å². The summed E-state index contributed by atoms with van der Waals surface area (Å²) in [5.41, 5.74) is 13.2. The van der Waals surface area contributed by atoms with Gasteiger partial charge < -0.3 is 62.2 Å². The average molecular weight is 633 g/mol. The Labute approximate surface area is 254 Å². The summed E-state index contributed by atoms with van der Waals surface area (Å²) in [6, 6.07) is 0. The number of aromatic nitrogens is 8. The highest BCUT2D eigenvalue weighted by molar-refractivity contribution is 5.84. The van der Waals surface area contributed by atoms with Crippen LogP contribution in [-0.4, -0.2) is 133 Å². The first-order valence-electron chi connectivity index (χ1n) is 14.4. The number of aliphatic hydroxyl groups excluding tert-OH is 6. The standard InChI is InChI=1S/C25H36N12O8/c26-18-12-20(32-8-30-18)36(22-16(42)14(40)10(6-38)44-22)24(34-12)28-4-2-1-3-5-29-25-35-13-19(27)31-9-33-21(13)37(25)23-17(43)15(41)11(7-39)45-23/h8-11,14-17,22-23,38-43H,1-7H2,(H,28,34)(H,29,35)(H2,26,30,32)(H2,27,31,33)/t10-,11-,14-,15+,16-,17+,22-,23-/m1/s1. The Balaban J connectivity index is 1.09. The van der Waals surface area contributed by atoms with Crippen LogP contribution in [0.1, 0.15) is 31.7 Å². The first kappa shape index (κ1) is 31.0. The molecule has 0 bridgehead atoms. The second-order valence-corrected chi connectivity index (χ2v) is 10.8. The molecule has 2 aliphatic rings. The molecule has 6 rings (SSSR count). The van der Waals surface area contributed by atoms with Crippen molar-refractivity contribution in [1.29, 1.82) is 0 Å². The van der Waals surface area contributed by atoms with Crippen molar-refractivity contribution >= 4 is 45.9 Å². The third kappa shape index (κ3) is 5.55. The number of rotatable bonds is 12. The molecule has 0 unspecified atom stereocenters. The van der Waals surface area contributed by atoms with Gasteiger partial charge in [0, 0.05) is 13.1 Å². The Kier molecular flexibility index (Phi) is 8.79. The summed E-state index contributed by atoms with van der Waals surface area (Å²) in [5.74, 6) is 0.873. The van der Waals surface area contributed by atoms with E-state index in [0.717, 1.165) is 6.42 Å². The zero-order valence-electron chi connectivity index (χ0n) is 24.0. The Morgan fingerprint density at radius 3 is 1.44 bits per heavy atom. The number of nitrogen functional groups attached to an aromatic ring is 2. The van der Waals surface area contributed by atoms with E-state index in [1.807, 2.05) is 0 Å². The highest BCUT2D eigenvalue weighted by Gasteiger charge is 2.46. The van der Waals surface area contributed by atoms with E-state index in [0.29, 0.717) is 60.2 Å². The van der Waals surface area contributed by atoms with Crippen LogP contribution in [0.3, 0.4) is 0 Å². The molecule has 45 heavy (non-hydrogen) atoms. The molecule has 0 spiro atoms. The van der Waals surface area contributed by atoms with E-state index in [9.17, 15) is 30.6 Å². The lowest BCUT2D eigenvalue weighted by Gasteiger charge is -2.20. The summed E-state index contributed by atoms with van der Waals surface area (Å²) in [5, 5.41) is 67.4. The van der Waals surface area contributed by atoms with Gasteiger partial charge in [-0.15, -0.1) is 0 Å². The lowest BCUT2D eigenvalue weighted by molar-refractivity contribution is -0.0501. The van der Waals surface area contributed by atoms with E-state index in [1.54, 1.807) is 0 Å². The van der Waals surface area contributed by atoms with Crippen molar-refractivity contribution in [3.8, 4) is 0 Å². The van der Waals surface area contributed by atoms with Crippen LogP contribution in [0, 0.1) is 0 Å². The summed E-state index contributed by atoms with van der Waals surface area (Å²) in [6.45, 7) is -0.0191. The molecule has 20 heteroatoms. The fourth-order valence-electron chi connectivity index (χ4n) is 5.60. The molecular formula is C25H36N12O8. The maximum Gasteiger partial charge on any atom is 0.207 e. The van der Waals surface area contributed by atoms with Gasteiger partial charge in [0.05, 0.1) is 13.2 Å². The molecule has 0 aromatic carbocycles. The van der Waals surface area contributed by atoms with Gasteiger partial charge >= 0.3 is 0 Å². The third-order valence-electron chi connectivity index (χ3n) is 7.97. The van der Waals surface area contributed by atoms with Crippen molar-refractivity contribution in [3.63, 3.8) is 0 Å². The fraction of sp³-hybridized carbons (Fsp3) is 0.600. The second kappa shape index (κ2) is 12.8. The monoisotopic (exact) mass is 632 g/mol. The quantitative estimate of drug-likeness (QED) is 0.0698. The molecule has 0 aliphatic carbocycles. The fourth-order valence-corrected chi connectivity index (χ4v) is 5.60. The number of hydrogen-bond donors (Lipinski definition) is 10. The van der Waals surface area contributed by atoms with Crippen LogP contribution >= 0.6 is 0 Å². The Bertz CT molecular complexity index is 1520. The molecule has 20 nitrogen and oxygen atoms in total. The summed E-state index contributed by atoms with van der Waals surface area (Å²) in [6.07, 6.45) is -4.74. The first-order valence-corrected chi connectivity index (χ1v) is 14.4. The average Bonchev–Trinajstić information content (AvgIpc) is 3.75. The molecule has 0 saturated carbocycles. The minimum Gasteiger partial charge on any atom is -0.394 e. The molecule has 2 aliphatic heterocycles. The predicted molar refractivity (Wildman–Crippen MR) is 156 cm³/mol. The van der Waals surface area contributed by atoms with Crippen molar-refractivity contribution in [2.24, 2.45) is 0 Å². The summed E-state index contributed by atoms with van der Waals surface area (Å²) in [7, 11) is 0. The lowest BCUT2D eigenvalue weighted by Crippen LogP contribution is -2.33. The normalized spacial score (nSPS) is 28.4. The van der Waals surface area contributed by atoms with Crippen LogP contribution in [0.15, 0.2) is 12.7 Å². The van der Waals surface area contributed by atoms with E-state index in [1.165, 1.54) is 21.8 Å². The molecule has 8 atom stereocenters. The zero-order valence-corrected chi connectivity index (χ0v) is 24.0. The Morgan fingerprint density at radius 1 is 0.644 bits per heavy atom. The van der Waals surface area contributed by atoms with Crippen molar-refractivity contribution in [2.45, 2.75) is 68.3 Å². The summed E-state index contributed by atoms with van der Waals surface area (Å²) >= 11 is 0. The van der Waals surface area contributed by atoms with Gasteiger partial charge in [-0.05, 0) is 19.3 Å². The van der Waals surface area contributed by atoms with E-state index in [2.05, 4.69) is 40.5 Å². The van der Waals surface area contributed by atoms with E-state index < -0.39 is 62.3 Å². The van der Waals surface area contributed by atoms with Gasteiger partial charge in [-0.25, -0.2) is 29.9 Å². The van der Waals surface area contributed by atoms with Crippen LogP contribution in [0.2, 0.25) is 0 Å². The smallest absolute Gasteiger partial charge is 0.207 e. The maximum atomic E-state index is 10.6. The number of nitrogens with two attached hydrogens (primary N) is 2. The van der Waals surface area contributed by atoms with Gasteiger partial charge in [-0.1, -0.05) is 0 Å². The Morgan fingerprint density at radius 2 is 1.07 bits per heavy atom. The minimum atomic E-state index is -1.35. The molecule has 6 heterocycles. The highest BCUT2D eigenvalue weighted by Crippen LogP contribution is 2.36. The van der Waals surface area contributed by atoms with Crippen molar-refractivity contribution in [3.05, 3.63) is 12.7 Å². The number of nitrogens with one attached hydrogen (secondary N) is 2. The number of fused-ring (bicyclic) bond motifs is 2. The largest absolute Gasteiger partial charge is 0.394 e. The minimum absolute atomic E-state index is 0.135. The van der Waals surface area contributed by atoms with Crippen LogP contribution in [0.5, 0.6) is 0 Å². The summed E-state index contributed by atoms with van der Waals surface area (Å²) in [4.78, 5) is 25.4. The number of nitrogens with zero attached hydrogens (tertiary/aromatic N) is 8. The third-order valence-corrected chi connectivity index (χ3v) is 7.97. The lowest BCUT2D eigenvalue weighted by atomic mass is 10.1. The van der Waals surface area contributed by atoms with Crippen LogP contribution in [0.4, 0.5) is 23.5 Å².